The van der Waals surface area contributed by atoms with Gasteiger partial charge in [0.2, 0.25) is 0 Å². The van der Waals surface area contributed by atoms with Crippen LogP contribution in [0.4, 0.5) is 5.69 Å². The summed E-state index contributed by atoms with van der Waals surface area (Å²) >= 11 is 0. The van der Waals surface area contributed by atoms with Gasteiger partial charge < -0.3 is 5.73 Å². The van der Waals surface area contributed by atoms with Gasteiger partial charge in [0.1, 0.15) is 0 Å². The highest BCUT2D eigenvalue weighted by Gasteiger charge is 2.21. The molecule has 1 aromatic rings. The lowest BCUT2D eigenvalue weighted by molar-refractivity contribution is 0.203. The van der Waals surface area contributed by atoms with Crippen molar-refractivity contribution in [3.8, 4) is 0 Å². The van der Waals surface area contributed by atoms with Gasteiger partial charge in [0.05, 0.1) is 0 Å². The van der Waals surface area contributed by atoms with Crippen LogP contribution in [0.25, 0.3) is 0 Å². The molecule has 0 saturated heterocycles. The molecule has 1 saturated carbocycles. The van der Waals surface area contributed by atoms with Gasteiger partial charge >= 0.3 is 0 Å². The van der Waals surface area contributed by atoms with E-state index in [1.807, 2.05) is 6.07 Å². The summed E-state index contributed by atoms with van der Waals surface area (Å²) in [5.41, 5.74) is 9.93. The minimum Gasteiger partial charge on any atom is -0.398 e. The van der Waals surface area contributed by atoms with E-state index in [-0.39, 0.29) is 0 Å². The van der Waals surface area contributed by atoms with E-state index in [0.29, 0.717) is 0 Å². The molecule has 0 aromatic heterocycles. The van der Waals surface area contributed by atoms with Gasteiger partial charge in [0, 0.05) is 25.3 Å². The molecule has 1 heterocycles. The molecule has 0 atom stereocenters. The van der Waals surface area contributed by atoms with Crippen LogP contribution in [0.15, 0.2) is 18.2 Å². The third-order valence-electron chi connectivity index (χ3n) is 4.87. The molecule has 104 valence electrons. The Morgan fingerprint density at radius 3 is 2.68 bits per heavy atom. The molecule has 3 rings (SSSR count). The molecule has 0 spiro atoms. The van der Waals surface area contributed by atoms with Crippen molar-refractivity contribution < 1.29 is 0 Å². The zero-order valence-electron chi connectivity index (χ0n) is 11.9. The predicted molar refractivity (Wildman–Crippen MR) is 81.0 cm³/mol. The lowest BCUT2D eigenvalue weighted by Gasteiger charge is -2.32. The van der Waals surface area contributed by atoms with E-state index in [9.17, 15) is 0 Å². The van der Waals surface area contributed by atoms with Crippen molar-refractivity contribution in [3.63, 3.8) is 0 Å². The van der Waals surface area contributed by atoms with Crippen molar-refractivity contribution in [2.24, 2.45) is 5.92 Å². The minimum absolute atomic E-state index is 0.935. The van der Waals surface area contributed by atoms with E-state index in [2.05, 4.69) is 17.0 Å². The molecule has 0 radical (unpaired) electrons. The van der Waals surface area contributed by atoms with Gasteiger partial charge in [-0.25, -0.2) is 0 Å². The van der Waals surface area contributed by atoms with Crippen molar-refractivity contribution in [1.82, 2.24) is 4.90 Å². The first-order valence-corrected chi connectivity index (χ1v) is 7.91. The number of nitrogens with zero attached hydrogens (tertiary/aromatic N) is 1. The first-order chi connectivity index (χ1) is 9.33. The second-order valence-electron chi connectivity index (χ2n) is 6.33. The Morgan fingerprint density at radius 1 is 1.11 bits per heavy atom. The van der Waals surface area contributed by atoms with Crippen LogP contribution < -0.4 is 5.73 Å². The number of hydrogen-bond donors (Lipinski definition) is 1. The van der Waals surface area contributed by atoms with Crippen LogP contribution in [0.2, 0.25) is 0 Å². The van der Waals surface area contributed by atoms with Gasteiger partial charge in [-0.2, -0.15) is 0 Å². The van der Waals surface area contributed by atoms with Gasteiger partial charge in [0.25, 0.3) is 0 Å². The van der Waals surface area contributed by atoms with E-state index >= 15 is 0 Å². The average molecular weight is 258 g/mol. The minimum atomic E-state index is 0.935. The number of rotatable bonds is 2. The summed E-state index contributed by atoms with van der Waals surface area (Å²) in [7, 11) is 0. The van der Waals surface area contributed by atoms with Crippen molar-refractivity contribution in [2.45, 2.75) is 51.5 Å². The summed E-state index contributed by atoms with van der Waals surface area (Å²) in [5.74, 6) is 0.935. The van der Waals surface area contributed by atoms with Crippen LogP contribution in [0.3, 0.4) is 0 Å². The number of hydrogen-bond acceptors (Lipinski definition) is 2. The zero-order chi connectivity index (χ0) is 13.1. The summed E-state index contributed by atoms with van der Waals surface area (Å²) in [6.45, 7) is 3.60. The fourth-order valence-corrected chi connectivity index (χ4v) is 3.76. The third kappa shape index (κ3) is 3.11. The second kappa shape index (κ2) is 5.96. The molecule has 0 unspecified atom stereocenters. The Morgan fingerprint density at radius 2 is 1.89 bits per heavy atom. The van der Waals surface area contributed by atoms with Crippen LogP contribution >= 0.6 is 0 Å². The SMILES string of the molecule is Nc1cccc2c1CCN(CC1CCCCCC1)C2. The largest absolute Gasteiger partial charge is 0.398 e. The Balaban J connectivity index is 1.62. The summed E-state index contributed by atoms with van der Waals surface area (Å²) in [6.07, 6.45) is 9.82. The van der Waals surface area contributed by atoms with E-state index in [4.69, 9.17) is 5.73 Å². The van der Waals surface area contributed by atoms with Gasteiger partial charge in [-0.1, -0.05) is 37.8 Å². The molecular weight excluding hydrogens is 232 g/mol. The Kier molecular flexibility index (Phi) is 4.07. The molecule has 1 aliphatic heterocycles. The molecular formula is C17H26N2. The quantitative estimate of drug-likeness (QED) is 0.649. The number of nitrogens with two attached hydrogens (primary N) is 1. The van der Waals surface area contributed by atoms with Crippen LogP contribution in [0, 0.1) is 5.92 Å². The summed E-state index contributed by atoms with van der Waals surface area (Å²) in [6, 6.07) is 6.40. The fraction of sp³-hybridized carbons (Fsp3) is 0.647. The van der Waals surface area contributed by atoms with Crippen LogP contribution in [-0.4, -0.2) is 18.0 Å². The number of anilines is 1. The molecule has 0 bridgehead atoms. The van der Waals surface area contributed by atoms with Crippen molar-refractivity contribution in [1.29, 1.82) is 0 Å². The van der Waals surface area contributed by atoms with Gasteiger partial charge in [-0.15, -0.1) is 0 Å². The normalized spacial score (nSPS) is 21.9. The zero-order valence-corrected chi connectivity index (χ0v) is 11.9. The first kappa shape index (κ1) is 13.0. The molecule has 2 aliphatic rings. The molecule has 1 fully saturated rings. The number of fused-ring (bicyclic) bond motifs is 1. The van der Waals surface area contributed by atoms with Crippen LogP contribution in [0.5, 0.6) is 0 Å². The second-order valence-corrected chi connectivity index (χ2v) is 6.33. The van der Waals surface area contributed by atoms with Crippen molar-refractivity contribution in [3.05, 3.63) is 29.3 Å². The number of benzene rings is 1. The lowest BCUT2D eigenvalue weighted by Crippen LogP contribution is -2.34. The van der Waals surface area contributed by atoms with Gasteiger partial charge in [-0.05, 0) is 42.4 Å². The highest BCUT2D eigenvalue weighted by atomic mass is 15.1. The Labute approximate surface area is 117 Å². The Bertz CT molecular complexity index is 419. The number of nitrogen functional groups attached to an aromatic ring is 1. The summed E-state index contributed by atoms with van der Waals surface area (Å²) in [5, 5.41) is 0. The Hall–Kier alpha value is -1.02. The van der Waals surface area contributed by atoms with Gasteiger partial charge in [0.15, 0.2) is 0 Å². The van der Waals surface area contributed by atoms with Gasteiger partial charge in [-0.3, -0.25) is 4.90 Å². The lowest BCUT2D eigenvalue weighted by atomic mass is 9.95. The predicted octanol–water partition coefficient (Wildman–Crippen LogP) is 3.60. The van der Waals surface area contributed by atoms with E-state index in [1.165, 1.54) is 62.7 Å². The fourth-order valence-electron chi connectivity index (χ4n) is 3.76. The maximum atomic E-state index is 6.07. The van der Waals surface area contributed by atoms with E-state index in [1.54, 1.807) is 0 Å². The molecule has 2 heteroatoms. The smallest absolute Gasteiger partial charge is 0.0350 e. The highest BCUT2D eigenvalue weighted by molar-refractivity contribution is 5.51. The molecule has 2 nitrogen and oxygen atoms in total. The van der Waals surface area contributed by atoms with Crippen molar-refractivity contribution in [2.75, 3.05) is 18.8 Å². The van der Waals surface area contributed by atoms with E-state index < -0.39 is 0 Å². The molecule has 19 heavy (non-hydrogen) atoms. The third-order valence-corrected chi connectivity index (χ3v) is 4.87. The summed E-state index contributed by atoms with van der Waals surface area (Å²) < 4.78 is 0. The standard InChI is InChI=1S/C17H26N2/c18-17-9-5-8-15-13-19(11-10-16(15)17)12-14-6-3-1-2-4-7-14/h5,8-9,14H,1-4,6-7,10-13,18H2. The highest BCUT2D eigenvalue weighted by Crippen LogP contribution is 2.28. The molecule has 1 aromatic carbocycles. The average Bonchev–Trinajstić information content (AvgIpc) is 2.68. The molecule has 1 aliphatic carbocycles. The maximum Gasteiger partial charge on any atom is 0.0350 e. The monoisotopic (exact) mass is 258 g/mol. The molecule has 2 N–H and O–H groups in total. The molecule has 0 amide bonds. The first-order valence-electron chi connectivity index (χ1n) is 7.91. The topological polar surface area (TPSA) is 29.3 Å². The van der Waals surface area contributed by atoms with Crippen LogP contribution in [-0.2, 0) is 13.0 Å². The van der Waals surface area contributed by atoms with Crippen LogP contribution in [0.1, 0.15) is 49.7 Å². The summed E-state index contributed by atoms with van der Waals surface area (Å²) in [4.78, 5) is 2.65. The maximum absolute atomic E-state index is 6.07. The van der Waals surface area contributed by atoms with E-state index in [0.717, 1.165) is 24.6 Å². The van der Waals surface area contributed by atoms with Crippen molar-refractivity contribution >= 4 is 5.69 Å².